The molecule has 4 rings (SSSR count). The van der Waals surface area contributed by atoms with Crippen molar-refractivity contribution >= 4 is 11.6 Å². The van der Waals surface area contributed by atoms with Gasteiger partial charge in [-0.2, -0.15) is 5.10 Å². The average molecular weight is 331 g/mol. The van der Waals surface area contributed by atoms with E-state index in [2.05, 4.69) is 39.8 Å². The molecule has 0 aliphatic heterocycles. The second kappa shape index (κ2) is 6.55. The Kier molecular flexibility index (Phi) is 4.10. The van der Waals surface area contributed by atoms with Crippen molar-refractivity contribution in [1.29, 1.82) is 0 Å². The molecular formula is C21H21N3O. The molecule has 0 spiro atoms. The van der Waals surface area contributed by atoms with Crippen LogP contribution in [0, 0.1) is 5.92 Å². The van der Waals surface area contributed by atoms with Crippen molar-refractivity contribution < 1.29 is 4.79 Å². The molecule has 0 bridgehead atoms. The fourth-order valence-corrected chi connectivity index (χ4v) is 3.40. The van der Waals surface area contributed by atoms with E-state index in [9.17, 15) is 4.79 Å². The molecule has 0 radical (unpaired) electrons. The van der Waals surface area contributed by atoms with Crippen LogP contribution in [-0.2, 0) is 17.6 Å². The molecule has 1 atom stereocenters. The number of nitrogens with zero attached hydrogens (tertiary/aromatic N) is 1. The number of para-hydroxylation sites is 1. The van der Waals surface area contributed by atoms with Crippen molar-refractivity contribution in [2.75, 3.05) is 5.32 Å². The third kappa shape index (κ3) is 3.07. The number of aromatic amines is 1. The summed E-state index contributed by atoms with van der Waals surface area (Å²) >= 11 is 0. The van der Waals surface area contributed by atoms with Crippen molar-refractivity contribution in [3.8, 4) is 11.3 Å². The number of benzene rings is 2. The second-order valence-corrected chi connectivity index (χ2v) is 6.66. The molecule has 1 amide bonds. The maximum Gasteiger partial charge on any atom is 0.227 e. The zero-order valence-corrected chi connectivity index (χ0v) is 14.3. The van der Waals surface area contributed by atoms with E-state index in [-0.39, 0.29) is 11.8 Å². The van der Waals surface area contributed by atoms with E-state index in [4.69, 9.17) is 0 Å². The van der Waals surface area contributed by atoms with Crippen LogP contribution >= 0.6 is 0 Å². The first kappa shape index (κ1) is 15.6. The van der Waals surface area contributed by atoms with Gasteiger partial charge in [-0.3, -0.25) is 9.89 Å². The second-order valence-electron chi connectivity index (χ2n) is 6.66. The summed E-state index contributed by atoms with van der Waals surface area (Å²) in [6.45, 7) is 1.98. The van der Waals surface area contributed by atoms with Gasteiger partial charge >= 0.3 is 0 Å². The molecule has 1 aliphatic carbocycles. The van der Waals surface area contributed by atoms with Gasteiger partial charge in [-0.1, -0.05) is 49.4 Å². The van der Waals surface area contributed by atoms with Gasteiger partial charge < -0.3 is 5.32 Å². The third-order valence-electron chi connectivity index (χ3n) is 4.91. The highest BCUT2D eigenvalue weighted by Crippen LogP contribution is 2.36. The van der Waals surface area contributed by atoms with E-state index in [1.54, 1.807) is 0 Å². The highest BCUT2D eigenvalue weighted by atomic mass is 16.1. The Morgan fingerprint density at radius 3 is 2.76 bits per heavy atom. The first-order valence-corrected chi connectivity index (χ1v) is 8.72. The number of amides is 1. The number of anilines is 1. The Bertz CT molecular complexity index is 899. The number of carbonyl (C=O) groups is 1. The van der Waals surface area contributed by atoms with Crippen LogP contribution < -0.4 is 5.32 Å². The number of hydrogen-bond acceptors (Lipinski definition) is 2. The molecule has 1 aromatic heterocycles. The van der Waals surface area contributed by atoms with Crippen LogP contribution in [0.5, 0.6) is 0 Å². The average Bonchev–Trinajstić information content (AvgIpc) is 3.19. The number of aryl methyl sites for hydroxylation is 1. The van der Waals surface area contributed by atoms with Crippen molar-refractivity contribution in [2.24, 2.45) is 5.92 Å². The molecule has 3 aromatic rings. The van der Waals surface area contributed by atoms with Crippen molar-refractivity contribution in [3.05, 3.63) is 71.4 Å². The van der Waals surface area contributed by atoms with Gasteiger partial charge in [0.05, 0.1) is 5.69 Å². The Hall–Kier alpha value is -2.88. The van der Waals surface area contributed by atoms with Gasteiger partial charge in [-0.05, 0) is 30.5 Å². The minimum Gasteiger partial charge on any atom is -0.326 e. The Labute approximate surface area is 147 Å². The van der Waals surface area contributed by atoms with Crippen LogP contribution in [0.25, 0.3) is 11.3 Å². The summed E-state index contributed by atoms with van der Waals surface area (Å²) in [4.78, 5) is 12.3. The molecule has 2 N–H and O–H groups in total. The van der Waals surface area contributed by atoms with Crippen LogP contribution in [0.2, 0.25) is 0 Å². The fraction of sp³-hybridized carbons (Fsp3) is 0.238. The maximum atomic E-state index is 12.3. The quantitative estimate of drug-likeness (QED) is 0.576. The van der Waals surface area contributed by atoms with Crippen LogP contribution in [0.3, 0.4) is 0 Å². The lowest BCUT2D eigenvalue weighted by molar-refractivity contribution is -0.119. The summed E-state index contributed by atoms with van der Waals surface area (Å²) in [6.07, 6.45) is 2.56. The molecule has 0 fully saturated rings. The molecular weight excluding hydrogens is 310 g/mol. The number of aromatic nitrogens is 2. The van der Waals surface area contributed by atoms with Crippen LogP contribution in [0.4, 0.5) is 5.69 Å². The smallest absolute Gasteiger partial charge is 0.227 e. The largest absolute Gasteiger partial charge is 0.326 e. The first-order chi connectivity index (χ1) is 12.2. The lowest BCUT2D eigenvalue weighted by Crippen LogP contribution is -2.21. The number of carbonyl (C=O) groups excluding carboxylic acids is 1. The normalized spacial score (nSPS) is 13.2. The highest BCUT2D eigenvalue weighted by molar-refractivity contribution is 5.92. The number of nitrogens with one attached hydrogen (secondary N) is 2. The van der Waals surface area contributed by atoms with Gasteiger partial charge in [0.1, 0.15) is 0 Å². The molecule has 126 valence electrons. The summed E-state index contributed by atoms with van der Waals surface area (Å²) in [7, 11) is 0. The Morgan fingerprint density at radius 2 is 1.92 bits per heavy atom. The summed E-state index contributed by atoms with van der Waals surface area (Å²) in [5.41, 5.74) is 6.94. The van der Waals surface area contributed by atoms with Gasteiger partial charge in [-0.25, -0.2) is 0 Å². The number of rotatable bonds is 5. The lowest BCUT2D eigenvalue weighted by Gasteiger charge is -2.12. The summed E-state index contributed by atoms with van der Waals surface area (Å²) in [5, 5.41) is 10.7. The fourth-order valence-electron chi connectivity index (χ4n) is 3.40. The minimum atomic E-state index is -0.0528. The van der Waals surface area contributed by atoms with Gasteiger partial charge in [-0.15, -0.1) is 0 Å². The van der Waals surface area contributed by atoms with E-state index in [1.165, 1.54) is 16.7 Å². The zero-order chi connectivity index (χ0) is 17.2. The van der Waals surface area contributed by atoms with Crippen molar-refractivity contribution in [2.45, 2.75) is 26.2 Å². The maximum absolute atomic E-state index is 12.3. The van der Waals surface area contributed by atoms with Crippen molar-refractivity contribution in [3.63, 3.8) is 0 Å². The van der Waals surface area contributed by atoms with E-state index >= 15 is 0 Å². The molecule has 1 heterocycles. The monoisotopic (exact) mass is 331 g/mol. The van der Waals surface area contributed by atoms with E-state index in [1.807, 2.05) is 37.3 Å². The molecule has 1 unspecified atom stereocenters. The van der Waals surface area contributed by atoms with Crippen molar-refractivity contribution in [1.82, 2.24) is 10.2 Å². The lowest BCUT2D eigenvalue weighted by atomic mass is 10.0. The van der Waals surface area contributed by atoms with Gasteiger partial charge in [0, 0.05) is 34.8 Å². The van der Waals surface area contributed by atoms with Crippen LogP contribution in [-0.4, -0.2) is 16.1 Å². The van der Waals surface area contributed by atoms with Crippen LogP contribution in [0.1, 0.15) is 30.2 Å². The summed E-state index contributed by atoms with van der Waals surface area (Å²) in [6, 6.07) is 18.0. The molecule has 0 saturated carbocycles. The first-order valence-electron chi connectivity index (χ1n) is 8.72. The number of fused-ring (bicyclic) bond motifs is 3. The molecule has 4 nitrogen and oxygen atoms in total. The SMILES string of the molecule is CC(CCc1[nH]nc2c1Cc1ccccc1-2)C(=O)Nc1ccccc1. The highest BCUT2D eigenvalue weighted by Gasteiger charge is 2.24. The standard InChI is InChI=1S/C21H21N3O/c1-14(21(25)22-16-8-3-2-4-9-16)11-12-19-18-13-15-7-5-6-10-17(15)20(18)24-23-19/h2-10,14H,11-13H2,1H3,(H,22,25)(H,23,24). The molecule has 4 heteroatoms. The van der Waals surface area contributed by atoms with Gasteiger partial charge in [0.2, 0.25) is 5.91 Å². The third-order valence-corrected chi connectivity index (χ3v) is 4.91. The van der Waals surface area contributed by atoms with E-state index in [0.29, 0.717) is 0 Å². The minimum absolute atomic E-state index is 0.0528. The summed E-state index contributed by atoms with van der Waals surface area (Å²) < 4.78 is 0. The Morgan fingerprint density at radius 1 is 1.16 bits per heavy atom. The molecule has 2 aromatic carbocycles. The number of H-pyrrole nitrogens is 1. The molecule has 1 aliphatic rings. The predicted molar refractivity (Wildman–Crippen MR) is 99.4 cm³/mol. The topological polar surface area (TPSA) is 57.8 Å². The molecule has 25 heavy (non-hydrogen) atoms. The van der Waals surface area contributed by atoms with Gasteiger partial charge in [0.25, 0.3) is 0 Å². The van der Waals surface area contributed by atoms with Gasteiger partial charge in [0.15, 0.2) is 0 Å². The zero-order valence-electron chi connectivity index (χ0n) is 14.3. The predicted octanol–water partition coefficient (Wildman–Crippen LogP) is 4.19. The summed E-state index contributed by atoms with van der Waals surface area (Å²) in [5.74, 6) is 0.00795. The van der Waals surface area contributed by atoms with Crippen LogP contribution in [0.15, 0.2) is 54.6 Å². The van der Waals surface area contributed by atoms with E-state index < -0.39 is 0 Å². The Balaban J connectivity index is 1.39. The number of hydrogen-bond donors (Lipinski definition) is 2. The molecule has 0 saturated heterocycles. The van der Waals surface area contributed by atoms with E-state index in [0.717, 1.165) is 36.3 Å².